The number of anilines is 2. The molecule has 1 spiro atoms. The number of carboxylic acid groups (broad SMARTS) is 1. The number of benzene rings is 1. The minimum absolute atomic E-state index is 0.173. The molecule has 1 atom stereocenters. The number of piperidine rings is 1. The van der Waals surface area contributed by atoms with Crippen molar-refractivity contribution < 1.29 is 19.4 Å². The first-order valence-corrected chi connectivity index (χ1v) is 12.5. The van der Waals surface area contributed by atoms with Gasteiger partial charge in [0.05, 0.1) is 6.20 Å². The fraction of sp³-hybridized carbons (Fsp3) is 0.478. The SMILES string of the molecule is COCCC(Nc1nc2cnc(N3CCC4(CCc5c(Cl)cccc5O4)CC3)nc2s1)C(=O)O. The second kappa shape index (κ2) is 9.52. The Morgan fingerprint density at radius 2 is 2.18 bits per heavy atom. The molecule has 2 aromatic heterocycles. The second-order valence-electron chi connectivity index (χ2n) is 8.68. The molecular formula is C23H26ClN5O4S. The highest BCUT2D eigenvalue weighted by molar-refractivity contribution is 7.21. The molecule has 1 saturated heterocycles. The van der Waals surface area contributed by atoms with Gasteiger partial charge < -0.3 is 24.8 Å². The molecule has 0 saturated carbocycles. The Labute approximate surface area is 206 Å². The summed E-state index contributed by atoms with van der Waals surface area (Å²) in [5, 5.41) is 13.7. The molecule has 5 rings (SSSR count). The van der Waals surface area contributed by atoms with Crippen LogP contribution >= 0.6 is 22.9 Å². The Morgan fingerprint density at radius 3 is 2.94 bits per heavy atom. The molecular weight excluding hydrogens is 478 g/mol. The Hall–Kier alpha value is -2.69. The van der Waals surface area contributed by atoms with E-state index in [9.17, 15) is 9.90 Å². The number of ether oxygens (including phenoxy) is 2. The maximum absolute atomic E-state index is 11.5. The van der Waals surface area contributed by atoms with Crippen molar-refractivity contribution in [3.8, 4) is 5.75 Å². The van der Waals surface area contributed by atoms with Gasteiger partial charge in [0, 0.05) is 56.7 Å². The number of nitrogens with zero attached hydrogens (tertiary/aromatic N) is 4. The first kappa shape index (κ1) is 23.1. The van der Waals surface area contributed by atoms with Crippen LogP contribution in [0.3, 0.4) is 0 Å². The van der Waals surface area contributed by atoms with Crippen molar-refractivity contribution in [3.63, 3.8) is 0 Å². The minimum Gasteiger partial charge on any atom is -0.487 e. The molecule has 2 N–H and O–H groups in total. The van der Waals surface area contributed by atoms with Crippen LogP contribution in [0.5, 0.6) is 5.75 Å². The number of carboxylic acids is 1. The number of carbonyl (C=O) groups is 1. The van der Waals surface area contributed by atoms with Crippen molar-refractivity contribution in [2.75, 3.05) is 37.0 Å². The van der Waals surface area contributed by atoms with Gasteiger partial charge in [-0.15, -0.1) is 0 Å². The molecule has 0 radical (unpaired) electrons. The van der Waals surface area contributed by atoms with Crippen LogP contribution in [0.1, 0.15) is 31.2 Å². The highest BCUT2D eigenvalue weighted by Gasteiger charge is 2.40. The number of halogens is 1. The van der Waals surface area contributed by atoms with E-state index in [-0.39, 0.29) is 5.60 Å². The molecule has 1 fully saturated rings. The summed E-state index contributed by atoms with van der Waals surface area (Å²) >= 11 is 7.67. The summed E-state index contributed by atoms with van der Waals surface area (Å²) in [5.74, 6) is 0.617. The van der Waals surface area contributed by atoms with E-state index in [4.69, 9.17) is 26.1 Å². The third kappa shape index (κ3) is 4.62. The van der Waals surface area contributed by atoms with E-state index in [0.29, 0.717) is 29.6 Å². The van der Waals surface area contributed by atoms with Gasteiger partial charge in [-0.25, -0.2) is 14.8 Å². The summed E-state index contributed by atoms with van der Waals surface area (Å²) in [5.41, 5.74) is 1.58. The molecule has 0 bridgehead atoms. The van der Waals surface area contributed by atoms with Crippen LogP contribution in [-0.4, -0.2) is 64.5 Å². The van der Waals surface area contributed by atoms with Crippen LogP contribution in [0.25, 0.3) is 10.3 Å². The average Bonchev–Trinajstić information content (AvgIpc) is 3.24. The second-order valence-corrected chi connectivity index (χ2v) is 10.1. The Kier molecular flexibility index (Phi) is 6.46. The maximum Gasteiger partial charge on any atom is 0.326 e. The largest absolute Gasteiger partial charge is 0.487 e. The average molecular weight is 504 g/mol. The van der Waals surface area contributed by atoms with E-state index in [0.717, 1.165) is 59.9 Å². The van der Waals surface area contributed by atoms with E-state index in [1.54, 1.807) is 13.3 Å². The molecule has 2 aliphatic heterocycles. The topological polar surface area (TPSA) is 110 Å². The molecule has 180 valence electrons. The van der Waals surface area contributed by atoms with Crippen molar-refractivity contribution in [2.24, 2.45) is 0 Å². The van der Waals surface area contributed by atoms with Gasteiger partial charge in [-0.2, -0.15) is 4.98 Å². The Balaban J connectivity index is 1.26. The summed E-state index contributed by atoms with van der Waals surface area (Å²) < 4.78 is 11.5. The quantitative estimate of drug-likeness (QED) is 0.494. The van der Waals surface area contributed by atoms with Gasteiger partial charge in [-0.1, -0.05) is 29.0 Å². The van der Waals surface area contributed by atoms with Crippen LogP contribution in [-0.2, 0) is 16.0 Å². The number of nitrogens with one attached hydrogen (secondary N) is 1. The highest BCUT2D eigenvalue weighted by Crippen LogP contribution is 2.42. The predicted octanol–water partition coefficient (Wildman–Crippen LogP) is 4.01. The van der Waals surface area contributed by atoms with E-state index >= 15 is 0 Å². The Bertz CT molecular complexity index is 1200. The van der Waals surface area contributed by atoms with Crippen molar-refractivity contribution in [1.29, 1.82) is 0 Å². The monoisotopic (exact) mass is 503 g/mol. The van der Waals surface area contributed by atoms with E-state index in [1.807, 2.05) is 18.2 Å². The van der Waals surface area contributed by atoms with E-state index < -0.39 is 12.0 Å². The van der Waals surface area contributed by atoms with Crippen LogP contribution in [0.4, 0.5) is 11.1 Å². The van der Waals surface area contributed by atoms with Crippen LogP contribution in [0.15, 0.2) is 24.4 Å². The summed E-state index contributed by atoms with van der Waals surface area (Å²) in [6.45, 7) is 1.93. The summed E-state index contributed by atoms with van der Waals surface area (Å²) in [6, 6.07) is 5.08. The van der Waals surface area contributed by atoms with Crippen molar-refractivity contribution in [2.45, 2.75) is 43.7 Å². The normalized spacial score (nSPS) is 17.9. The third-order valence-corrected chi connectivity index (χ3v) is 7.79. The van der Waals surface area contributed by atoms with Gasteiger partial charge in [0.1, 0.15) is 22.9 Å². The van der Waals surface area contributed by atoms with E-state index in [1.165, 1.54) is 11.3 Å². The molecule has 1 aromatic carbocycles. The van der Waals surface area contributed by atoms with Gasteiger partial charge in [-0.05, 0) is 25.0 Å². The van der Waals surface area contributed by atoms with Gasteiger partial charge in [-0.3, -0.25) is 0 Å². The molecule has 3 aromatic rings. The molecule has 0 aliphatic carbocycles. The molecule has 4 heterocycles. The summed E-state index contributed by atoms with van der Waals surface area (Å²) in [4.78, 5) is 28.1. The number of rotatable bonds is 7. The summed E-state index contributed by atoms with van der Waals surface area (Å²) in [7, 11) is 1.55. The lowest BCUT2D eigenvalue weighted by Crippen LogP contribution is -2.50. The third-order valence-electron chi connectivity index (χ3n) is 6.54. The molecule has 34 heavy (non-hydrogen) atoms. The number of hydrogen-bond acceptors (Lipinski definition) is 9. The molecule has 1 unspecified atom stereocenters. The number of aromatic nitrogens is 3. The lowest BCUT2D eigenvalue weighted by atomic mass is 9.83. The first-order valence-electron chi connectivity index (χ1n) is 11.3. The summed E-state index contributed by atoms with van der Waals surface area (Å²) in [6.07, 6.45) is 5.69. The molecule has 9 nitrogen and oxygen atoms in total. The number of fused-ring (bicyclic) bond motifs is 2. The van der Waals surface area contributed by atoms with Gasteiger partial charge >= 0.3 is 5.97 Å². The zero-order chi connectivity index (χ0) is 23.7. The highest BCUT2D eigenvalue weighted by atomic mass is 35.5. The standard InChI is InChI=1S/C23H26ClN5O4S/c1-32-12-6-16(20(30)31)26-22-27-17-13-25-21(28-19(17)34-22)29-10-8-23(9-11-29)7-5-14-15(24)3-2-4-18(14)33-23/h2-4,13,16H,5-12H2,1H3,(H,26,27)(H,30,31). The first-order chi connectivity index (χ1) is 16.5. The van der Waals surface area contributed by atoms with Crippen molar-refractivity contribution in [3.05, 3.63) is 35.0 Å². The van der Waals surface area contributed by atoms with Crippen LogP contribution in [0, 0.1) is 0 Å². The molecule has 2 aliphatic rings. The number of methoxy groups -OCH3 is 1. The zero-order valence-corrected chi connectivity index (χ0v) is 20.4. The molecule has 0 amide bonds. The van der Waals surface area contributed by atoms with Gasteiger partial charge in [0.15, 0.2) is 9.96 Å². The van der Waals surface area contributed by atoms with Gasteiger partial charge in [0.25, 0.3) is 0 Å². The number of thiazole rings is 1. The fourth-order valence-electron chi connectivity index (χ4n) is 4.56. The Morgan fingerprint density at radius 1 is 1.35 bits per heavy atom. The maximum atomic E-state index is 11.5. The smallest absolute Gasteiger partial charge is 0.326 e. The van der Waals surface area contributed by atoms with E-state index in [2.05, 4.69) is 20.2 Å². The zero-order valence-electron chi connectivity index (χ0n) is 18.8. The number of aliphatic carboxylic acids is 1. The van der Waals surface area contributed by atoms with Crippen molar-refractivity contribution in [1.82, 2.24) is 15.0 Å². The molecule has 11 heteroatoms. The lowest BCUT2D eigenvalue weighted by Gasteiger charge is -2.44. The van der Waals surface area contributed by atoms with Crippen molar-refractivity contribution >= 4 is 50.3 Å². The van der Waals surface area contributed by atoms with Crippen LogP contribution in [0.2, 0.25) is 5.02 Å². The number of hydrogen-bond donors (Lipinski definition) is 2. The fourth-order valence-corrected chi connectivity index (χ4v) is 5.68. The predicted molar refractivity (Wildman–Crippen MR) is 131 cm³/mol. The van der Waals surface area contributed by atoms with Crippen LogP contribution < -0.4 is 15.0 Å². The minimum atomic E-state index is -0.944. The lowest BCUT2D eigenvalue weighted by molar-refractivity contribution is -0.138. The van der Waals surface area contributed by atoms with Gasteiger partial charge in [0.2, 0.25) is 5.95 Å².